The molecule has 1 aromatic heterocycles. The molecule has 0 bridgehead atoms. The van der Waals surface area contributed by atoms with Gasteiger partial charge in [-0.1, -0.05) is 41.9 Å². The molecule has 1 heterocycles. The number of halogens is 2. The summed E-state index contributed by atoms with van der Waals surface area (Å²) < 4.78 is 0.980. The van der Waals surface area contributed by atoms with Crippen LogP contribution in [0.3, 0.4) is 0 Å². The lowest BCUT2D eigenvalue weighted by Gasteiger charge is -2.11. The number of pyridine rings is 1. The van der Waals surface area contributed by atoms with Gasteiger partial charge in [-0.15, -0.1) is 0 Å². The first kappa shape index (κ1) is 12.6. The molecule has 0 saturated carbocycles. The monoisotopic (exact) mass is 331 g/mol. The summed E-state index contributed by atoms with van der Waals surface area (Å²) in [6.07, 6.45) is 1.82. The van der Waals surface area contributed by atoms with Crippen molar-refractivity contribution in [3.05, 3.63) is 63.7 Å². The highest BCUT2D eigenvalue weighted by Gasteiger charge is 2.11. The van der Waals surface area contributed by atoms with Crippen LogP contribution in [0.15, 0.2) is 53.1 Å². The maximum atomic E-state index is 6.36. The minimum absolute atomic E-state index is 0.761. The van der Waals surface area contributed by atoms with Gasteiger partial charge in [0.05, 0.1) is 5.52 Å². The zero-order valence-electron chi connectivity index (χ0n) is 10.3. The Morgan fingerprint density at radius 1 is 1.11 bits per heavy atom. The Morgan fingerprint density at radius 3 is 2.68 bits per heavy atom. The van der Waals surface area contributed by atoms with Crippen LogP contribution in [0.25, 0.3) is 22.0 Å². The fourth-order valence-corrected chi connectivity index (χ4v) is 2.98. The molecule has 2 aromatic carbocycles. The highest BCUT2D eigenvalue weighted by molar-refractivity contribution is 9.10. The van der Waals surface area contributed by atoms with Gasteiger partial charge in [0.25, 0.3) is 0 Å². The van der Waals surface area contributed by atoms with Gasteiger partial charge in [0.15, 0.2) is 0 Å². The number of hydrogen-bond acceptors (Lipinski definition) is 1. The standard InChI is InChI=1S/C16H11BrClN/c1-10-4-2-7-14(18)15(10)13-6-3-5-11-8-12(17)9-19-16(11)13/h2-9H,1H3. The number of hydrogen-bond donors (Lipinski definition) is 0. The Labute approximate surface area is 125 Å². The Hall–Kier alpha value is -1.38. The zero-order chi connectivity index (χ0) is 13.4. The number of nitrogens with zero attached hydrogens (tertiary/aromatic N) is 1. The van der Waals surface area contributed by atoms with E-state index in [4.69, 9.17) is 11.6 Å². The summed E-state index contributed by atoms with van der Waals surface area (Å²) >= 11 is 9.81. The van der Waals surface area contributed by atoms with Gasteiger partial charge in [-0.2, -0.15) is 0 Å². The Balaban J connectivity index is 2.37. The normalized spacial score (nSPS) is 10.9. The molecule has 0 aliphatic rings. The summed E-state index contributed by atoms with van der Waals surface area (Å²) in [6.45, 7) is 2.07. The van der Waals surface area contributed by atoms with Crippen molar-refractivity contribution >= 4 is 38.4 Å². The van der Waals surface area contributed by atoms with Crippen LogP contribution in [0.5, 0.6) is 0 Å². The van der Waals surface area contributed by atoms with Crippen molar-refractivity contribution in [1.29, 1.82) is 0 Å². The molecule has 0 N–H and O–H groups in total. The maximum absolute atomic E-state index is 6.36. The molecular weight excluding hydrogens is 322 g/mol. The summed E-state index contributed by atoms with van der Waals surface area (Å²) in [5, 5.41) is 1.86. The Bertz CT molecular complexity index is 748. The SMILES string of the molecule is Cc1cccc(Cl)c1-c1cccc2cc(Br)cnc12. The van der Waals surface area contributed by atoms with Crippen LogP contribution in [0.2, 0.25) is 5.02 Å². The molecule has 0 amide bonds. The lowest BCUT2D eigenvalue weighted by atomic mass is 9.98. The molecule has 19 heavy (non-hydrogen) atoms. The number of benzene rings is 2. The molecule has 0 saturated heterocycles. The third kappa shape index (κ3) is 2.26. The van der Waals surface area contributed by atoms with E-state index >= 15 is 0 Å². The minimum Gasteiger partial charge on any atom is -0.254 e. The van der Waals surface area contributed by atoms with Crippen LogP contribution in [-0.2, 0) is 0 Å². The van der Waals surface area contributed by atoms with Crippen LogP contribution in [0.1, 0.15) is 5.56 Å². The van der Waals surface area contributed by atoms with Gasteiger partial charge in [0, 0.05) is 32.2 Å². The fraction of sp³-hybridized carbons (Fsp3) is 0.0625. The first-order valence-electron chi connectivity index (χ1n) is 5.96. The molecule has 3 aromatic rings. The summed E-state index contributed by atoms with van der Waals surface area (Å²) in [5.41, 5.74) is 4.27. The van der Waals surface area contributed by atoms with Gasteiger partial charge >= 0.3 is 0 Å². The largest absolute Gasteiger partial charge is 0.254 e. The third-order valence-corrected chi connectivity index (χ3v) is 3.92. The summed E-state index contributed by atoms with van der Waals surface area (Å²) in [7, 11) is 0. The van der Waals surface area contributed by atoms with Crippen molar-refractivity contribution in [2.75, 3.05) is 0 Å². The van der Waals surface area contributed by atoms with Crippen LogP contribution in [-0.4, -0.2) is 4.98 Å². The molecule has 0 unspecified atom stereocenters. The van der Waals surface area contributed by atoms with Gasteiger partial charge in [-0.3, -0.25) is 4.98 Å². The topological polar surface area (TPSA) is 12.9 Å². The van der Waals surface area contributed by atoms with E-state index in [-0.39, 0.29) is 0 Å². The molecular formula is C16H11BrClN. The molecule has 1 nitrogen and oxygen atoms in total. The quantitative estimate of drug-likeness (QED) is 0.563. The van der Waals surface area contributed by atoms with Gasteiger partial charge < -0.3 is 0 Å². The first-order valence-corrected chi connectivity index (χ1v) is 7.13. The second-order valence-corrected chi connectivity index (χ2v) is 5.79. The van der Waals surface area contributed by atoms with E-state index in [0.29, 0.717) is 0 Å². The van der Waals surface area contributed by atoms with Crippen molar-refractivity contribution < 1.29 is 0 Å². The van der Waals surface area contributed by atoms with Crippen LogP contribution in [0, 0.1) is 6.92 Å². The van der Waals surface area contributed by atoms with Crippen LogP contribution < -0.4 is 0 Å². The van der Waals surface area contributed by atoms with E-state index in [1.807, 2.05) is 24.4 Å². The van der Waals surface area contributed by atoms with Crippen molar-refractivity contribution in [2.24, 2.45) is 0 Å². The molecule has 3 rings (SSSR count). The van der Waals surface area contributed by atoms with Crippen molar-refractivity contribution in [3.63, 3.8) is 0 Å². The Morgan fingerprint density at radius 2 is 1.89 bits per heavy atom. The molecule has 94 valence electrons. The fourth-order valence-electron chi connectivity index (χ4n) is 2.31. The summed E-state index contributed by atoms with van der Waals surface area (Å²) in [6, 6.07) is 14.2. The number of para-hydroxylation sites is 1. The maximum Gasteiger partial charge on any atom is 0.0781 e. The molecule has 0 atom stereocenters. The van der Waals surface area contributed by atoms with E-state index in [2.05, 4.69) is 52.1 Å². The van der Waals surface area contributed by atoms with Crippen LogP contribution in [0.4, 0.5) is 0 Å². The van der Waals surface area contributed by atoms with Gasteiger partial charge in [0.2, 0.25) is 0 Å². The molecule has 0 aliphatic carbocycles. The average Bonchev–Trinajstić information content (AvgIpc) is 2.38. The number of fused-ring (bicyclic) bond motifs is 1. The van der Waals surface area contributed by atoms with E-state index in [1.54, 1.807) is 0 Å². The van der Waals surface area contributed by atoms with Crippen molar-refractivity contribution in [2.45, 2.75) is 6.92 Å². The molecule has 0 radical (unpaired) electrons. The molecule has 0 fully saturated rings. The second kappa shape index (κ2) is 4.95. The molecule has 0 spiro atoms. The predicted octanol–water partition coefficient (Wildman–Crippen LogP) is 5.63. The number of aromatic nitrogens is 1. The van der Waals surface area contributed by atoms with Crippen molar-refractivity contribution in [1.82, 2.24) is 4.98 Å². The number of aryl methyl sites for hydroxylation is 1. The molecule has 0 aliphatic heterocycles. The molecule has 3 heteroatoms. The number of rotatable bonds is 1. The van der Waals surface area contributed by atoms with Crippen LogP contribution >= 0.6 is 27.5 Å². The first-order chi connectivity index (χ1) is 9.16. The van der Waals surface area contributed by atoms with Crippen molar-refractivity contribution in [3.8, 4) is 11.1 Å². The van der Waals surface area contributed by atoms with E-state index in [9.17, 15) is 0 Å². The lowest BCUT2D eigenvalue weighted by Crippen LogP contribution is -1.89. The van der Waals surface area contributed by atoms with Gasteiger partial charge in [-0.05, 0) is 40.5 Å². The highest BCUT2D eigenvalue weighted by Crippen LogP contribution is 2.35. The zero-order valence-corrected chi connectivity index (χ0v) is 12.7. The van der Waals surface area contributed by atoms with E-state index in [1.165, 1.54) is 0 Å². The third-order valence-electron chi connectivity index (χ3n) is 3.17. The van der Waals surface area contributed by atoms with E-state index < -0.39 is 0 Å². The van der Waals surface area contributed by atoms with Gasteiger partial charge in [-0.25, -0.2) is 0 Å². The lowest BCUT2D eigenvalue weighted by molar-refractivity contribution is 1.38. The Kier molecular flexibility index (Phi) is 3.29. The highest BCUT2D eigenvalue weighted by atomic mass is 79.9. The average molecular weight is 333 g/mol. The summed E-state index contributed by atoms with van der Waals surface area (Å²) in [5.74, 6) is 0. The minimum atomic E-state index is 0.761. The summed E-state index contributed by atoms with van der Waals surface area (Å²) in [4.78, 5) is 4.53. The smallest absolute Gasteiger partial charge is 0.0781 e. The van der Waals surface area contributed by atoms with E-state index in [0.717, 1.165) is 37.1 Å². The van der Waals surface area contributed by atoms with Gasteiger partial charge in [0.1, 0.15) is 0 Å². The predicted molar refractivity (Wildman–Crippen MR) is 84.6 cm³/mol. The second-order valence-electron chi connectivity index (χ2n) is 4.46.